The van der Waals surface area contributed by atoms with Crippen molar-refractivity contribution in [3.8, 4) is 18.4 Å². The summed E-state index contributed by atoms with van der Waals surface area (Å²) in [7, 11) is 0. The van der Waals surface area contributed by atoms with Crippen LogP contribution in [0.2, 0.25) is 0 Å². The zero-order valence-electron chi connectivity index (χ0n) is 17.5. The monoisotopic (exact) mass is 437 g/mol. The summed E-state index contributed by atoms with van der Waals surface area (Å²) < 4.78 is 1.95. The van der Waals surface area contributed by atoms with Gasteiger partial charge in [-0.05, 0) is 25.1 Å². The molecule has 1 aromatic heterocycles. The molecule has 0 aliphatic rings. The summed E-state index contributed by atoms with van der Waals surface area (Å²) in [6.07, 6.45) is 6.66. The number of carbonyl (C=O) groups is 2. The number of hydrogen-bond acceptors (Lipinski definition) is 6. The number of nitrogens with zero attached hydrogens (tertiary/aromatic N) is 2. The van der Waals surface area contributed by atoms with Crippen molar-refractivity contribution in [2.45, 2.75) is 27.3 Å². The van der Waals surface area contributed by atoms with E-state index in [-0.39, 0.29) is 34.2 Å². The molecule has 0 saturated carbocycles. The molecule has 0 radical (unpaired) electrons. The van der Waals surface area contributed by atoms with Crippen LogP contribution >= 0.6 is 11.3 Å². The Bertz CT molecular complexity index is 1240. The maximum Gasteiger partial charge on any atom is 0.270 e. The highest BCUT2D eigenvalue weighted by Crippen LogP contribution is 2.15. The largest absolute Gasteiger partial charge is 0.360 e. The maximum atomic E-state index is 12.7. The third kappa shape index (κ3) is 5.84. The van der Waals surface area contributed by atoms with E-state index in [4.69, 9.17) is 6.42 Å². The molecule has 0 unspecified atom stereocenters. The lowest BCUT2D eigenvalue weighted by Crippen LogP contribution is -2.34. The van der Waals surface area contributed by atoms with Crippen LogP contribution in [0.5, 0.6) is 0 Å². The van der Waals surface area contributed by atoms with E-state index in [2.05, 4.69) is 21.9 Å². The van der Waals surface area contributed by atoms with Gasteiger partial charge in [-0.3, -0.25) is 19.0 Å². The summed E-state index contributed by atoms with van der Waals surface area (Å²) in [5.41, 5.74) is 0.796. The standard InChI is InChI=1S/C22H23N5O3S/c1-5-10-24-20(29)17(12-23)22-27(6-2)21(30)18(31-22)13-25-15-8-7-9-16(11-15)26-19(28)14(3)4/h1,7-9,11,13-14,25H,6,10H2,2-4H3,(H,24,29)(H,26,28). The Morgan fingerprint density at radius 2 is 2.03 bits per heavy atom. The normalized spacial score (nSPS) is 12.0. The van der Waals surface area contributed by atoms with E-state index in [1.54, 1.807) is 45.0 Å². The van der Waals surface area contributed by atoms with Crippen molar-refractivity contribution in [2.75, 3.05) is 17.2 Å². The molecular weight excluding hydrogens is 414 g/mol. The Morgan fingerprint density at radius 3 is 2.65 bits per heavy atom. The number of rotatable bonds is 7. The van der Waals surface area contributed by atoms with Crippen LogP contribution in [0.1, 0.15) is 20.8 Å². The summed E-state index contributed by atoms with van der Waals surface area (Å²) in [5.74, 6) is 1.40. The second-order valence-corrected chi connectivity index (χ2v) is 7.74. The third-order valence-corrected chi connectivity index (χ3v) is 5.28. The Kier molecular flexibility index (Phi) is 8.18. The predicted octanol–water partition coefficient (Wildman–Crippen LogP) is 0.798. The SMILES string of the molecule is C#CCNC(=O)C(C#N)=c1sc(=CNc2cccc(NC(=O)C(C)C)c2)c(=O)n1CC. The van der Waals surface area contributed by atoms with Gasteiger partial charge in [0.05, 0.1) is 6.54 Å². The quantitative estimate of drug-likeness (QED) is 0.554. The predicted molar refractivity (Wildman–Crippen MR) is 122 cm³/mol. The van der Waals surface area contributed by atoms with Gasteiger partial charge < -0.3 is 16.0 Å². The van der Waals surface area contributed by atoms with Crippen molar-refractivity contribution >= 4 is 46.3 Å². The fourth-order valence-corrected chi connectivity index (χ4v) is 3.62. The number of hydrogen-bond donors (Lipinski definition) is 3. The molecule has 1 aromatic carbocycles. The van der Waals surface area contributed by atoms with Gasteiger partial charge in [0.1, 0.15) is 15.3 Å². The first kappa shape index (κ1) is 23.5. The van der Waals surface area contributed by atoms with E-state index in [1.165, 1.54) is 10.8 Å². The highest BCUT2D eigenvalue weighted by atomic mass is 32.1. The second-order valence-electron chi connectivity index (χ2n) is 6.71. The highest BCUT2D eigenvalue weighted by molar-refractivity contribution is 7.07. The zero-order chi connectivity index (χ0) is 23.0. The van der Waals surface area contributed by atoms with Crippen LogP contribution in [-0.2, 0) is 16.1 Å². The molecule has 0 aliphatic carbocycles. The van der Waals surface area contributed by atoms with Gasteiger partial charge in [-0.25, -0.2) is 0 Å². The van der Waals surface area contributed by atoms with Gasteiger partial charge in [-0.1, -0.05) is 25.8 Å². The topological polar surface area (TPSA) is 116 Å². The molecule has 9 heteroatoms. The van der Waals surface area contributed by atoms with Crippen molar-refractivity contribution in [3.63, 3.8) is 0 Å². The van der Waals surface area contributed by atoms with Crippen LogP contribution in [0, 0.1) is 29.6 Å². The number of nitrogens with one attached hydrogen (secondary N) is 3. The minimum Gasteiger partial charge on any atom is -0.360 e. The van der Waals surface area contributed by atoms with Crippen molar-refractivity contribution in [2.24, 2.45) is 5.92 Å². The molecular formula is C22H23N5O3S. The Morgan fingerprint density at radius 1 is 1.32 bits per heavy atom. The van der Waals surface area contributed by atoms with E-state index in [9.17, 15) is 19.6 Å². The average molecular weight is 438 g/mol. The molecule has 2 amide bonds. The lowest BCUT2D eigenvalue weighted by molar-refractivity contribution is -0.119. The second kappa shape index (κ2) is 10.8. The van der Waals surface area contributed by atoms with E-state index in [0.29, 0.717) is 22.5 Å². The zero-order valence-corrected chi connectivity index (χ0v) is 18.3. The maximum absolute atomic E-state index is 12.7. The van der Waals surface area contributed by atoms with E-state index < -0.39 is 5.91 Å². The van der Waals surface area contributed by atoms with Gasteiger partial charge in [0.2, 0.25) is 5.91 Å². The summed E-state index contributed by atoms with van der Waals surface area (Å²) in [6, 6.07) is 8.93. The van der Waals surface area contributed by atoms with Crippen molar-refractivity contribution in [3.05, 3.63) is 43.8 Å². The van der Waals surface area contributed by atoms with E-state index >= 15 is 0 Å². The van der Waals surface area contributed by atoms with Crippen LogP contribution in [0.15, 0.2) is 29.1 Å². The molecule has 0 fully saturated rings. The minimum atomic E-state index is -0.628. The number of anilines is 2. The van der Waals surface area contributed by atoms with Gasteiger partial charge in [0, 0.05) is 30.0 Å². The summed E-state index contributed by atoms with van der Waals surface area (Å²) >= 11 is 1.03. The van der Waals surface area contributed by atoms with Gasteiger partial charge in [-0.2, -0.15) is 5.26 Å². The molecule has 0 saturated heterocycles. The number of benzene rings is 1. The Labute approximate surface area is 183 Å². The van der Waals surface area contributed by atoms with Crippen molar-refractivity contribution < 1.29 is 9.59 Å². The van der Waals surface area contributed by atoms with Crippen LogP contribution in [0.3, 0.4) is 0 Å². The molecule has 0 aliphatic heterocycles. The van der Waals surface area contributed by atoms with Crippen LogP contribution in [-0.4, -0.2) is 22.9 Å². The number of terminal acetylenes is 1. The first-order valence-corrected chi connectivity index (χ1v) is 10.4. The minimum absolute atomic E-state index is 0.0179. The van der Waals surface area contributed by atoms with E-state index in [1.807, 2.05) is 6.07 Å². The number of nitriles is 1. The molecule has 31 heavy (non-hydrogen) atoms. The number of amides is 2. The molecule has 0 bridgehead atoms. The summed E-state index contributed by atoms with van der Waals surface area (Å²) in [6.45, 7) is 5.64. The third-order valence-electron chi connectivity index (χ3n) is 4.15. The number of aromatic nitrogens is 1. The van der Waals surface area contributed by atoms with Crippen LogP contribution < -0.4 is 30.7 Å². The first-order chi connectivity index (χ1) is 14.8. The smallest absolute Gasteiger partial charge is 0.270 e. The van der Waals surface area contributed by atoms with Gasteiger partial charge in [0.15, 0.2) is 5.57 Å². The fourth-order valence-electron chi connectivity index (χ4n) is 2.53. The van der Waals surface area contributed by atoms with Crippen molar-refractivity contribution in [1.29, 1.82) is 5.26 Å². The first-order valence-electron chi connectivity index (χ1n) is 9.55. The Hall–Kier alpha value is -3.82. The highest BCUT2D eigenvalue weighted by Gasteiger charge is 2.14. The molecule has 2 aromatic rings. The van der Waals surface area contributed by atoms with Crippen LogP contribution in [0.25, 0.3) is 11.8 Å². The molecule has 8 nitrogen and oxygen atoms in total. The summed E-state index contributed by atoms with van der Waals surface area (Å²) in [4.78, 5) is 36.9. The molecule has 1 heterocycles. The fraction of sp³-hybridized carbons (Fsp3) is 0.273. The summed E-state index contributed by atoms with van der Waals surface area (Å²) in [5, 5.41) is 17.7. The number of thiazole rings is 1. The molecule has 0 atom stereocenters. The lowest BCUT2D eigenvalue weighted by atomic mass is 10.2. The Balaban J connectivity index is 2.43. The lowest BCUT2D eigenvalue weighted by Gasteiger charge is -2.09. The van der Waals surface area contributed by atoms with E-state index in [0.717, 1.165) is 11.3 Å². The van der Waals surface area contributed by atoms with Gasteiger partial charge in [0.25, 0.3) is 11.5 Å². The molecule has 160 valence electrons. The molecule has 0 spiro atoms. The van der Waals surface area contributed by atoms with Crippen molar-refractivity contribution in [1.82, 2.24) is 9.88 Å². The average Bonchev–Trinajstić information content (AvgIpc) is 3.06. The molecule has 2 rings (SSSR count). The van der Waals surface area contributed by atoms with Crippen LogP contribution in [0.4, 0.5) is 11.4 Å². The van der Waals surface area contributed by atoms with Gasteiger partial charge >= 0.3 is 0 Å². The van der Waals surface area contributed by atoms with Gasteiger partial charge in [-0.15, -0.1) is 17.8 Å². The number of carbonyl (C=O) groups excluding carboxylic acids is 2. The molecule has 3 N–H and O–H groups in total.